The van der Waals surface area contributed by atoms with E-state index >= 15 is 0 Å². The number of rotatable bonds is 9. The van der Waals surface area contributed by atoms with Gasteiger partial charge in [-0.2, -0.15) is 0 Å². The summed E-state index contributed by atoms with van der Waals surface area (Å²) in [6.07, 6.45) is 0. The minimum absolute atomic E-state index is 0.680. The van der Waals surface area contributed by atoms with E-state index in [1.807, 2.05) is 27.8 Å². The predicted octanol–water partition coefficient (Wildman–Crippen LogP) is 1.25. The van der Waals surface area contributed by atoms with Crippen LogP contribution in [0.4, 0.5) is 0 Å². The van der Waals surface area contributed by atoms with Gasteiger partial charge >= 0.3 is 92.8 Å². The molecule has 0 heterocycles. The van der Waals surface area contributed by atoms with Crippen LogP contribution in [0, 0.1) is 0 Å². The molecule has 0 saturated heterocycles. The van der Waals surface area contributed by atoms with Gasteiger partial charge in [0.2, 0.25) is 0 Å². The van der Waals surface area contributed by atoms with E-state index < -0.39 is 19.6 Å². The van der Waals surface area contributed by atoms with Crippen LogP contribution in [-0.2, 0) is 9.22 Å². The molecule has 0 aromatic rings. The van der Waals surface area contributed by atoms with Crippen LogP contribution in [0.2, 0.25) is 4.44 Å². The first-order valence-electron chi connectivity index (χ1n) is 5.31. The van der Waals surface area contributed by atoms with E-state index in [0.717, 1.165) is 11.0 Å². The molecule has 0 atom stereocenters. The van der Waals surface area contributed by atoms with Crippen LogP contribution in [0.15, 0.2) is 0 Å². The van der Waals surface area contributed by atoms with E-state index in [-0.39, 0.29) is 0 Å². The van der Waals surface area contributed by atoms with E-state index in [1.165, 1.54) is 0 Å². The normalized spacial score (nSPS) is 12.0. The summed E-state index contributed by atoms with van der Waals surface area (Å²) in [6, 6.07) is 0. The van der Waals surface area contributed by atoms with Crippen molar-refractivity contribution in [2.45, 2.75) is 25.2 Å². The Morgan fingerprint density at radius 2 is 1.36 bits per heavy atom. The summed E-state index contributed by atoms with van der Waals surface area (Å²) in [5.74, 6) is 0. The second-order valence-corrected chi connectivity index (χ2v) is 10.6. The van der Waals surface area contributed by atoms with Crippen LogP contribution in [0.5, 0.6) is 0 Å². The Labute approximate surface area is 92.8 Å². The van der Waals surface area contributed by atoms with Crippen LogP contribution in [-0.4, -0.2) is 53.0 Å². The van der Waals surface area contributed by atoms with Gasteiger partial charge in [-0.15, -0.1) is 0 Å². The number of nitrogens with one attached hydrogen (secondary N) is 1. The van der Waals surface area contributed by atoms with E-state index in [9.17, 15) is 0 Å². The fourth-order valence-electron chi connectivity index (χ4n) is 1.28. The summed E-state index contributed by atoms with van der Waals surface area (Å²) in [5.41, 5.74) is 0. The Balaban J connectivity index is 4.21. The van der Waals surface area contributed by atoms with E-state index in [2.05, 4.69) is 5.32 Å². The van der Waals surface area contributed by atoms with Crippen molar-refractivity contribution in [2.75, 3.05) is 33.4 Å². The summed E-state index contributed by atoms with van der Waals surface area (Å²) in [6.45, 7) is 8.91. The van der Waals surface area contributed by atoms with Crippen LogP contribution in [0.1, 0.15) is 20.8 Å². The zero-order valence-corrected chi connectivity index (χ0v) is 12.6. The third kappa shape index (κ3) is 5.50. The van der Waals surface area contributed by atoms with Crippen LogP contribution < -0.4 is 5.32 Å². The van der Waals surface area contributed by atoms with Crippen LogP contribution in [0.3, 0.4) is 0 Å². The van der Waals surface area contributed by atoms with Crippen molar-refractivity contribution in [3.8, 4) is 0 Å². The van der Waals surface area contributed by atoms with Crippen molar-refractivity contribution in [3.05, 3.63) is 0 Å². The van der Waals surface area contributed by atoms with Gasteiger partial charge in [-0.25, -0.2) is 0 Å². The SMILES string of the molecule is CC[O][Sn]([CH2]CNC)([O]CC)[O]CC. The summed E-state index contributed by atoms with van der Waals surface area (Å²) in [5, 5.41) is 3.11. The molecule has 14 heavy (non-hydrogen) atoms. The Hall–Kier alpha value is 0.639. The van der Waals surface area contributed by atoms with Crippen LogP contribution >= 0.6 is 0 Å². The molecular weight excluding hydrogens is 289 g/mol. The van der Waals surface area contributed by atoms with Gasteiger partial charge < -0.3 is 0 Å². The van der Waals surface area contributed by atoms with Gasteiger partial charge in [0, 0.05) is 0 Å². The molecule has 0 aliphatic heterocycles. The van der Waals surface area contributed by atoms with E-state index in [0.29, 0.717) is 19.8 Å². The zero-order valence-electron chi connectivity index (χ0n) is 9.76. The molecule has 86 valence electrons. The summed E-state index contributed by atoms with van der Waals surface area (Å²) in [4.78, 5) is 0. The fourth-order valence-corrected chi connectivity index (χ4v) is 8.58. The molecule has 0 aliphatic carbocycles. The molecule has 5 heteroatoms. The van der Waals surface area contributed by atoms with E-state index in [1.54, 1.807) is 0 Å². The average molecular weight is 312 g/mol. The summed E-state index contributed by atoms with van der Waals surface area (Å²) >= 11 is -3.16. The first-order chi connectivity index (χ1) is 6.74. The molecular formula is C9H23NO3Sn. The molecule has 0 bridgehead atoms. The minimum atomic E-state index is -3.16. The van der Waals surface area contributed by atoms with Crippen molar-refractivity contribution in [2.24, 2.45) is 0 Å². The zero-order chi connectivity index (χ0) is 10.9. The first-order valence-corrected chi connectivity index (χ1v) is 10.8. The Morgan fingerprint density at radius 1 is 0.929 bits per heavy atom. The molecule has 4 nitrogen and oxygen atoms in total. The van der Waals surface area contributed by atoms with Crippen molar-refractivity contribution >= 4 is 19.6 Å². The maximum absolute atomic E-state index is 5.74. The standard InChI is InChI=1S/C3H8N.3C2H5O.Sn/c1-3-4-2;3*1-2-3;/h4H,1,3H2,2H3;3*2H2,1H3;/q;3*-1;+3. The fraction of sp³-hybridized carbons (Fsp3) is 1.00. The topological polar surface area (TPSA) is 39.7 Å². The van der Waals surface area contributed by atoms with Crippen molar-refractivity contribution < 1.29 is 9.22 Å². The molecule has 0 aromatic heterocycles. The van der Waals surface area contributed by atoms with Gasteiger partial charge in [-0.1, -0.05) is 0 Å². The number of hydrogen-bond donors (Lipinski definition) is 1. The predicted molar refractivity (Wildman–Crippen MR) is 59.4 cm³/mol. The molecule has 0 amide bonds. The molecule has 0 fully saturated rings. The molecule has 0 saturated carbocycles. The van der Waals surface area contributed by atoms with Gasteiger partial charge in [-0.3, -0.25) is 0 Å². The molecule has 0 rings (SSSR count). The van der Waals surface area contributed by atoms with Gasteiger partial charge in [0.05, 0.1) is 0 Å². The monoisotopic (exact) mass is 313 g/mol. The molecule has 0 aliphatic rings. The molecule has 0 aromatic carbocycles. The Bertz CT molecular complexity index is 118. The van der Waals surface area contributed by atoms with Crippen molar-refractivity contribution in [1.29, 1.82) is 0 Å². The number of hydrogen-bond acceptors (Lipinski definition) is 4. The Morgan fingerprint density at radius 3 is 1.64 bits per heavy atom. The van der Waals surface area contributed by atoms with Gasteiger partial charge in [-0.05, 0) is 0 Å². The van der Waals surface area contributed by atoms with E-state index in [4.69, 9.17) is 9.22 Å². The third-order valence-electron chi connectivity index (χ3n) is 1.77. The maximum atomic E-state index is 5.74. The Kier molecular flexibility index (Phi) is 9.31. The quantitative estimate of drug-likeness (QED) is 0.651. The molecule has 0 radical (unpaired) electrons. The van der Waals surface area contributed by atoms with Crippen molar-refractivity contribution in [1.82, 2.24) is 5.32 Å². The second-order valence-electron chi connectivity index (χ2n) is 2.84. The molecule has 1 N–H and O–H groups in total. The average Bonchev–Trinajstić information content (AvgIpc) is 2.16. The van der Waals surface area contributed by atoms with Crippen molar-refractivity contribution in [3.63, 3.8) is 0 Å². The van der Waals surface area contributed by atoms with Crippen LogP contribution in [0.25, 0.3) is 0 Å². The summed E-state index contributed by atoms with van der Waals surface area (Å²) < 4.78 is 18.1. The summed E-state index contributed by atoms with van der Waals surface area (Å²) in [7, 11) is 1.93. The molecule has 0 spiro atoms. The van der Waals surface area contributed by atoms with Gasteiger partial charge in [0.1, 0.15) is 0 Å². The first kappa shape index (κ1) is 14.6. The van der Waals surface area contributed by atoms with Gasteiger partial charge in [0.15, 0.2) is 0 Å². The molecule has 0 unspecified atom stereocenters. The second kappa shape index (κ2) is 8.91. The van der Waals surface area contributed by atoms with Gasteiger partial charge in [0.25, 0.3) is 0 Å². The third-order valence-corrected chi connectivity index (χ3v) is 10.5.